The highest BCUT2D eigenvalue weighted by atomic mass is 16.3. The number of nitrogens with one attached hydrogen (secondary N) is 1. The van der Waals surface area contributed by atoms with Gasteiger partial charge in [0, 0.05) is 5.39 Å². The third-order valence-electron chi connectivity index (χ3n) is 3.02. The smallest absolute Gasteiger partial charge is 0.134 e. The molecule has 0 aliphatic heterocycles. The minimum Gasteiger partial charge on any atom is -0.460 e. The van der Waals surface area contributed by atoms with E-state index in [4.69, 9.17) is 4.42 Å². The summed E-state index contributed by atoms with van der Waals surface area (Å²) in [7, 11) is 0. The van der Waals surface area contributed by atoms with Gasteiger partial charge in [0.1, 0.15) is 11.3 Å². The Balaban J connectivity index is 2.09. The zero-order valence-corrected chi connectivity index (χ0v) is 9.97. The van der Waals surface area contributed by atoms with E-state index in [-0.39, 0.29) is 19.8 Å². The lowest BCUT2D eigenvalue weighted by Gasteiger charge is -2.28. The minimum atomic E-state index is -1.08. The lowest BCUT2D eigenvalue weighted by atomic mass is 10.0. The second-order valence-corrected chi connectivity index (χ2v) is 4.36. The second-order valence-electron chi connectivity index (χ2n) is 4.36. The Labute approximate surface area is 105 Å². The number of benzene rings is 1. The highest BCUT2D eigenvalue weighted by Gasteiger charge is 2.27. The normalized spacial score (nSPS) is 12.2. The number of furan rings is 1. The Morgan fingerprint density at radius 1 is 1.06 bits per heavy atom. The quantitative estimate of drug-likeness (QED) is 0.591. The van der Waals surface area contributed by atoms with Crippen molar-refractivity contribution in [3.63, 3.8) is 0 Å². The molecule has 0 saturated carbocycles. The van der Waals surface area contributed by atoms with Crippen LogP contribution < -0.4 is 5.32 Å². The third-order valence-corrected chi connectivity index (χ3v) is 3.02. The molecule has 0 amide bonds. The Hall–Kier alpha value is -1.40. The van der Waals surface area contributed by atoms with E-state index in [0.29, 0.717) is 12.3 Å². The average Bonchev–Trinajstić information content (AvgIpc) is 2.84. The molecule has 5 nitrogen and oxygen atoms in total. The van der Waals surface area contributed by atoms with E-state index in [9.17, 15) is 15.3 Å². The van der Waals surface area contributed by atoms with Gasteiger partial charge < -0.3 is 19.7 Å². The molecule has 0 radical (unpaired) electrons. The van der Waals surface area contributed by atoms with Gasteiger partial charge in [-0.3, -0.25) is 5.32 Å². The van der Waals surface area contributed by atoms with Gasteiger partial charge in [-0.2, -0.15) is 0 Å². The van der Waals surface area contributed by atoms with Crippen LogP contribution in [0.15, 0.2) is 34.7 Å². The van der Waals surface area contributed by atoms with Crippen LogP contribution in [0.3, 0.4) is 0 Å². The van der Waals surface area contributed by atoms with Gasteiger partial charge in [0.05, 0.1) is 31.9 Å². The Bertz CT molecular complexity index is 463. The average molecular weight is 251 g/mol. The van der Waals surface area contributed by atoms with Crippen molar-refractivity contribution in [1.82, 2.24) is 5.32 Å². The van der Waals surface area contributed by atoms with Gasteiger partial charge >= 0.3 is 0 Å². The molecule has 0 bridgehead atoms. The monoisotopic (exact) mass is 251 g/mol. The lowest BCUT2D eigenvalue weighted by molar-refractivity contribution is 0.0403. The van der Waals surface area contributed by atoms with Crippen molar-refractivity contribution < 1.29 is 19.7 Å². The molecule has 0 fully saturated rings. The number of hydrogen-bond acceptors (Lipinski definition) is 5. The number of rotatable bonds is 6. The van der Waals surface area contributed by atoms with Crippen molar-refractivity contribution >= 4 is 11.0 Å². The van der Waals surface area contributed by atoms with Crippen LogP contribution in [0.2, 0.25) is 0 Å². The fraction of sp³-hybridized carbons (Fsp3) is 0.385. The maximum atomic E-state index is 9.18. The van der Waals surface area contributed by atoms with E-state index < -0.39 is 5.54 Å². The van der Waals surface area contributed by atoms with Crippen LogP contribution in [-0.4, -0.2) is 40.7 Å². The molecule has 1 aromatic heterocycles. The number of para-hydroxylation sites is 1. The van der Waals surface area contributed by atoms with E-state index in [1.807, 2.05) is 30.3 Å². The van der Waals surface area contributed by atoms with Crippen molar-refractivity contribution in [2.45, 2.75) is 12.1 Å². The molecular weight excluding hydrogens is 234 g/mol. The van der Waals surface area contributed by atoms with E-state index in [1.165, 1.54) is 0 Å². The van der Waals surface area contributed by atoms with Gasteiger partial charge in [0.2, 0.25) is 0 Å². The number of aliphatic hydroxyl groups excluding tert-OH is 3. The maximum absolute atomic E-state index is 9.18. The predicted molar refractivity (Wildman–Crippen MR) is 67.0 cm³/mol. The predicted octanol–water partition coefficient (Wildman–Crippen LogP) is 0.238. The largest absolute Gasteiger partial charge is 0.460 e. The first-order valence-corrected chi connectivity index (χ1v) is 5.78. The molecule has 4 N–H and O–H groups in total. The van der Waals surface area contributed by atoms with Crippen LogP contribution in [0.5, 0.6) is 0 Å². The molecule has 0 aliphatic carbocycles. The SMILES string of the molecule is OCC(CO)(CO)NCc1cc2ccccc2o1. The van der Waals surface area contributed by atoms with E-state index in [0.717, 1.165) is 11.0 Å². The van der Waals surface area contributed by atoms with Gasteiger partial charge in [0.15, 0.2) is 0 Å². The van der Waals surface area contributed by atoms with Crippen LogP contribution in [0.1, 0.15) is 5.76 Å². The molecule has 18 heavy (non-hydrogen) atoms. The van der Waals surface area contributed by atoms with Crippen molar-refractivity contribution in [1.29, 1.82) is 0 Å². The molecule has 0 aliphatic rings. The zero-order chi connectivity index (χ0) is 13.0. The number of fused-ring (bicyclic) bond motifs is 1. The molecule has 0 saturated heterocycles. The minimum absolute atomic E-state index is 0.330. The summed E-state index contributed by atoms with van der Waals surface area (Å²) in [4.78, 5) is 0. The molecule has 2 aromatic rings. The summed E-state index contributed by atoms with van der Waals surface area (Å²) in [5.41, 5.74) is -0.296. The Morgan fingerprint density at radius 3 is 2.33 bits per heavy atom. The van der Waals surface area contributed by atoms with Crippen molar-refractivity contribution in [2.75, 3.05) is 19.8 Å². The molecule has 2 rings (SSSR count). The lowest BCUT2D eigenvalue weighted by Crippen LogP contribution is -2.54. The Kier molecular flexibility index (Phi) is 3.98. The summed E-state index contributed by atoms with van der Waals surface area (Å²) >= 11 is 0. The highest BCUT2D eigenvalue weighted by Crippen LogP contribution is 2.19. The standard InChI is InChI=1S/C13H17NO4/c15-7-13(8-16,9-17)14-6-11-5-10-3-1-2-4-12(10)18-11/h1-5,14-17H,6-9H2. The highest BCUT2D eigenvalue weighted by molar-refractivity contribution is 5.77. The van der Waals surface area contributed by atoms with Gasteiger partial charge in [0.25, 0.3) is 0 Å². The van der Waals surface area contributed by atoms with Gasteiger partial charge in [-0.1, -0.05) is 18.2 Å². The molecule has 1 heterocycles. The van der Waals surface area contributed by atoms with Crippen LogP contribution in [0.4, 0.5) is 0 Å². The number of hydrogen-bond donors (Lipinski definition) is 4. The first kappa shape index (κ1) is 13.0. The van der Waals surface area contributed by atoms with Gasteiger partial charge in [-0.25, -0.2) is 0 Å². The summed E-state index contributed by atoms with van der Waals surface area (Å²) in [6.45, 7) is -0.711. The van der Waals surface area contributed by atoms with Crippen molar-refractivity contribution in [3.05, 3.63) is 36.1 Å². The molecule has 1 aromatic carbocycles. The van der Waals surface area contributed by atoms with Crippen LogP contribution in [-0.2, 0) is 6.54 Å². The molecule has 98 valence electrons. The summed E-state index contributed by atoms with van der Waals surface area (Å²) in [5, 5.41) is 31.5. The molecular formula is C13H17NO4. The fourth-order valence-electron chi connectivity index (χ4n) is 1.72. The first-order valence-electron chi connectivity index (χ1n) is 5.78. The summed E-state index contributed by atoms with van der Waals surface area (Å²) in [5.74, 6) is 0.691. The molecule has 0 spiro atoms. The van der Waals surface area contributed by atoms with E-state index in [2.05, 4.69) is 5.32 Å². The fourth-order valence-corrected chi connectivity index (χ4v) is 1.72. The number of aliphatic hydroxyl groups is 3. The summed E-state index contributed by atoms with van der Waals surface area (Å²) in [6.07, 6.45) is 0. The van der Waals surface area contributed by atoms with Gasteiger partial charge in [-0.05, 0) is 12.1 Å². The van der Waals surface area contributed by atoms with Gasteiger partial charge in [-0.15, -0.1) is 0 Å². The van der Waals surface area contributed by atoms with Crippen molar-refractivity contribution in [3.8, 4) is 0 Å². The van der Waals surface area contributed by atoms with Crippen LogP contribution >= 0.6 is 0 Å². The first-order chi connectivity index (χ1) is 8.73. The summed E-state index contributed by atoms with van der Waals surface area (Å²) < 4.78 is 5.59. The maximum Gasteiger partial charge on any atom is 0.134 e. The van der Waals surface area contributed by atoms with E-state index >= 15 is 0 Å². The zero-order valence-electron chi connectivity index (χ0n) is 9.97. The third kappa shape index (κ3) is 2.54. The van der Waals surface area contributed by atoms with Crippen LogP contribution in [0, 0.1) is 0 Å². The molecule has 5 heteroatoms. The van der Waals surface area contributed by atoms with Crippen LogP contribution in [0.25, 0.3) is 11.0 Å². The van der Waals surface area contributed by atoms with Crippen molar-refractivity contribution in [2.24, 2.45) is 0 Å². The topological polar surface area (TPSA) is 85.9 Å². The second kappa shape index (κ2) is 5.49. The molecule has 0 unspecified atom stereocenters. The van der Waals surface area contributed by atoms with E-state index in [1.54, 1.807) is 0 Å². The summed E-state index contributed by atoms with van der Waals surface area (Å²) in [6, 6.07) is 9.52. The molecule has 0 atom stereocenters. The Morgan fingerprint density at radius 2 is 1.72 bits per heavy atom.